The van der Waals surface area contributed by atoms with Crippen molar-refractivity contribution in [3.63, 3.8) is 0 Å². The molecular formula is C17H34N4O3. The first-order valence-corrected chi connectivity index (χ1v) is 8.87. The minimum absolute atomic E-state index is 0.0134. The second-order valence-electron chi connectivity index (χ2n) is 6.81. The average Bonchev–Trinajstić information content (AvgIpc) is 3.05. The minimum Gasteiger partial charge on any atom is -0.381 e. The lowest BCUT2D eigenvalue weighted by molar-refractivity contribution is -0.127. The van der Waals surface area contributed by atoms with Crippen LogP contribution in [0.1, 0.15) is 26.7 Å². The summed E-state index contributed by atoms with van der Waals surface area (Å²) in [6.45, 7) is 9.14. The Kier molecular flexibility index (Phi) is 10.4. The van der Waals surface area contributed by atoms with Gasteiger partial charge in [0.05, 0.1) is 6.61 Å². The second-order valence-corrected chi connectivity index (χ2v) is 6.81. The zero-order valence-electron chi connectivity index (χ0n) is 15.6. The van der Waals surface area contributed by atoms with Crippen LogP contribution in [0.4, 0.5) is 0 Å². The van der Waals surface area contributed by atoms with E-state index in [1.807, 2.05) is 0 Å². The molecule has 24 heavy (non-hydrogen) atoms. The third kappa shape index (κ3) is 9.72. The van der Waals surface area contributed by atoms with Crippen molar-refractivity contribution in [3.8, 4) is 0 Å². The maximum atomic E-state index is 11.7. The highest BCUT2D eigenvalue weighted by atomic mass is 16.5. The number of hydrogen-bond acceptors (Lipinski definition) is 4. The van der Waals surface area contributed by atoms with Gasteiger partial charge in [-0.25, -0.2) is 4.99 Å². The molecule has 140 valence electrons. The average molecular weight is 342 g/mol. The van der Waals surface area contributed by atoms with Crippen molar-refractivity contribution in [1.82, 2.24) is 15.5 Å². The molecule has 0 aromatic rings. The maximum Gasteiger partial charge on any atom is 0.243 e. The van der Waals surface area contributed by atoms with Crippen LogP contribution >= 0.6 is 0 Å². The van der Waals surface area contributed by atoms with Crippen molar-refractivity contribution >= 4 is 11.9 Å². The largest absolute Gasteiger partial charge is 0.381 e. The number of carbonyl (C=O) groups excluding carboxylic acids is 1. The summed E-state index contributed by atoms with van der Waals surface area (Å²) in [6.07, 6.45) is 1.97. The third-order valence-corrected chi connectivity index (χ3v) is 3.66. The third-order valence-electron chi connectivity index (χ3n) is 3.66. The number of amides is 1. The molecule has 1 saturated heterocycles. The number of ether oxygens (including phenoxy) is 2. The molecule has 1 unspecified atom stereocenters. The number of aliphatic imine (C=N–C) groups is 1. The van der Waals surface area contributed by atoms with E-state index >= 15 is 0 Å². The van der Waals surface area contributed by atoms with Crippen LogP contribution in [0, 0.1) is 11.8 Å². The van der Waals surface area contributed by atoms with Gasteiger partial charge in [0.1, 0.15) is 6.54 Å². The first kappa shape index (κ1) is 20.7. The van der Waals surface area contributed by atoms with Gasteiger partial charge in [-0.1, -0.05) is 13.8 Å². The summed E-state index contributed by atoms with van der Waals surface area (Å²) in [4.78, 5) is 17.6. The SMILES string of the molecule is CC(C)COCCCNC(=NCC(=O)N(C)C)NCC1CCOC1. The fourth-order valence-corrected chi connectivity index (χ4v) is 2.15. The monoisotopic (exact) mass is 342 g/mol. The van der Waals surface area contributed by atoms with Crippen molar-refractivity contribution in [2.45, 2.75) is 26.7 Å². The van der Waals surface area contributed by atoms with Crippen LogP contribution in [0.15, 0.2) is 4.99 Å². The highest BCUT2D eigenvalue weighted by Crippen LogP contribution is 2.10. The Balaban J connectivity index is 2.32. The van der Waals surface area contributed by atoms with E-state index in [4.69, 9.17) is 9.47 Å². The fourth-order valence-electron chi connectivity index (χ4n) is 2.15. The van der Waals surface area contributed by atoms with Crippen LogP contribution in [-0.4, -0.2) is 76.9 Å². The van der Waals surface area contributed by atoms with Crippen molar-refractivity contribution in [3.05, 3.63) is 0 Å². The van der Waals surface area contributed by atoms with Gasteiger partial charge in [0.2, 0.25) is 5.91 Å². The van der Waals surface area contributed by atoms with Gasteiger partial charge in [-0.2, -0.15) is 0 Å². The van der Waals surface area contributed by atoms with E-state index in [9.17, 15) is 4.79 Å². The summed E-state index contributed by atoms with van der Waals surface area (Å²) in [6, 6.07) is 0. The number of likely N-dealkylation sites (N-methyl/N-ethyl adjacent to an activating group) is 1. The van der Waals surface area contributed by atoms with Crippen LogP contribution in [0.25, 0.3) is 0 Å². The van der Waals surface area contributed by atoms with Crippen LogP contribution in [0.5, 0.6) is 0 Å². The molecule has 0 bridgehead atoms. The van der Waals surface area contributed by atoms with Crippen LogP contribution in [0.3, 0.4) is 0 Å². The minimum atomic E-state index is -0.0134. The van der Waals surface area contributed by atoms with Gasteiger partial charge in [0.15, 0.2) is 5.96 Å². The van der Waals surface area contributed by atoms with Crippen molar-refractivity contribution in [2.75, 3.05) is 60.2 Å². The zero-order chi connectivity index (χ0) is 17.8. The van der Waals surface area contributed by atoms with Crippen LogP contribution in [0.2, 0.25) is 0 Å². The van der Waals surface area contributed by atoms with E-state index in [-0.39, 0.29) is 12.5 Å². The van der Waals surface area contributed by atoms with E-state index < -0.39 is 0 Å². The quantitative estimate of drug-likeness (QED) is 0.347. The van der Waals surface area contributed by atoms with Crippen LogP contribution < -0.4 is 10.6 Å². The van der Waals surface area contributed by atoms with E-state index in [0.29, 0.717) is 17.8 Å². The molecule has 1 aliphatic heterocycles. The van der Waals surface area contributed by atoms with E-state index in [1.54, 1.807) is 19.0 Å². The molecule has 0 aliphatic carbocycles. The Morgan fingerprint density at radius 2 is 2.17 bits per heavy atom. The van der Waals surface area contributed by atoms with Gasteiger partial charge in [0.25, 0.3) is 0 Å². The lowest BCUT2D eigenvalue weighted by atomic mass is 10.1. The maximum absolute atomic E-state index is 11.7. The Labute approximate surface area is 146 Å². The van der Waals surface area contributed by atoms with Crippen molar-refractivity contribution in [2.24, 2.45) is 16.8 Å². The molecule has 0 spiro atoms. The van der Waals surface area contributed by atoms with E-state index in [1.165, 1.54) is 0 Å². The molecule has 7 nitrogen and oxygen atoms in total. The molecule has 2 N–H and O–H groups in total. The number of guanidine groups is 1. The molecule has 0 aromatic carbocycles. The van der Waals surface area contributed by atoms with Gasteiger partial charge in [-0.05, 0) is 18.8 Å². The zero-order valence-corrected chi connectivity index (χ0v) is 15.6. The fraction of sp³-hybridized carbons (Fsp3) is 0.882. The van der Waals surface area contributed by atoms with Gasteiger partial charge < -0.3 is 25.0 Å². The van der Waals surface area contributed by atoms with Gasteiger partial charge >= 0.3 is 0 Å². The number of carbonyl (C=O) groups is 1. The highest BCUT2D eigenvalue weighted by molar-refractivity contribution is 5.84. The summed E-state index contributed by atoms with van der Waals surface area (Å²) in [5.41, 5.74) is 0. The molecule has 1 rings (SSSR count). The summed E-state index contributed by atoms with van der Waals surface area (Å²) >= 11 is 0. The predicted molar refractivity (Wildman–Crippen MR) is 96.2 cm³/mol. The number of hydrogen-bond donors (Lipinski definition) is 2. The summed E-state index contributed by atoms with van der Waals surface area (Å²) < 4.78 is 11.0. The van der Waals surface area contributed by atoms with Gasteiger partial charge in [-0.3, -0.25) is 4.79 Å². The lowest BCUT2D eigenvalue weighted by Crippen LogP contribution is -2.41. The number of rotatable bonds is 10. The molecule has 0 saturated carbocycles. The topological polar surface area (TPSA) is 75.2 Å². The lowest BCUT2D eigenvalue weighted by Gasteiger charge is -2.16. The summed E-state index contributed by atoms with van der Waals surface area (Å²) in [5.74, 6) is 1.74. The van der Waals surface area contributed by atoms with E-state index in [2.05, 4.69) is 29.5 Å². The van der Waals surface area contributed by atoms with Gasteiger partial charge in [-0.15, -0.1) is 0 Å². The molecule has 1 fully saturated rings. The first-order chi connectivity index (χ1) is 11.5. The Morgan fingerprint density at radius 3 is 2.79 bits per heavy atom. The number of nitrogens with one attached hydrogen (secondary N) is 2. The standard InChI is InChI=1S/C17H34N4O3/c1-14(2)12-23-8-5-7-18-17(20-11-16(22)21(3)4)19-10-15-6-9-24-13-15/h14-15H,5-13H2,1-4H3,(H2,18,19,20). The Hall–Kier alpha value is -1.34. The van der Waals surface area contributed by atoms with Crippen molar-refractivity contribution < 1.29 is 14.3 Å². The molecule has 1 aliphatic rings. The Bertz CT molecular complexity index is 380. The van der Waals surface area contributed by atoms with Crippen LogP contribution in [-0.2, 0) is 14.3 Å². The first-order valence-electron chi connectivity index (χ1n) is 8.87. The molecular weight excluding hydrogens is 308 g/mol. The molecule has 1 heterocycles. The molecule has 0 aromatic heterocycles. The summed E-state index contributed by atoms with van der Waals surface area (Å²) in [7, 11) is 3.47. The van der Waals surface area contributed by atoms with Gasteiger partial charge in [0, 0.05) is 52.9 Å². The highest BCUT2D eigenvalue weighted by Gasteiger charge is 2.15. The van der Waals surface area contributed by atoms with Crippen molar-refractivity contribution in [1.29, 1.82) is 0 Å². The van der Waals surface area contributed by atoms with E-state index in [0.717, 1.165) is 52.4 Å². The molecule has 1 atom stereocenters. The smallest absolute Gasteiger partial charge is 0.243 e. The predicted octanol–water partition coefficient (Wildman–Crippen LogP) is 0.709. The molecule has 0 radical (unpaired) electrons. The Morgan fingerprint density at radius 1 is 1.38 bits per heavy atom. The molecule has 1 amide bonds. The normalized spacial score (nSPS) is 18.0. The summed E-state index contributed by atoms with van der Waals surface area (Å²) in [5, 5.41) is 6.59. The second kappa shape index (κ2) is 12.1. The molecule has 7 heteroatoms. The number of nitrogens with zero attached hydrogens (tertiary/aromatic N) is 2.